The molecule has 0 N–H and O–H groups in total. The lowest BCUT2D eigenvalue weighted by molar-refractivity contribution is -0.156. The third-order valence-corrected chi connectivity index (χ3v) is 5.47. The predicted molar refractivity (Wildman–Crippen MR) is 118 cm³/mol. The maximum atomic E-state index is 13.1. The second kappa shape index (κ2) is 9.77. The minimum Gasteiger partial charge on any atom is -0.454 e. The zero-order valence-corrected chi connectivity index (χ0v) is 19.6. The van der Waals surface area contributed by atoms with Gasteiger partial charge in [0.25, 0.3) is 0 Å². The lowest BCUT2D eigenvalue weighted by Crippen LogP contribution is -2.48. The summed E-state index contributed by atoms with van der Waals surface area (Å²) >= 11 is 0. The standard InChI is InChI=1S/C25H34O6/c1-14(2)9-10-19(29-21(26)11-15(3)4)17(7)18-13-20-25(8,31-20)24(28)23(18)30-22(27)12-16(5)6/h9,11-12,18-20,23H,7,10,13H2,1-6,8H3/t18-,19+,20-,23-,25-/m0/s1. The van der Waals surface area contributed by atoms with Gasteiger partial charge >= 0.3 is 11.9 Å². The first-order valence-electron chi connectivity index (χ1n) is 10.6. The number of allylic oxidation sites excluding steroid dienone is 3. The number of esters is 2. The van der Waals surface area contributed by atoms with E-state index in [0.29, 0.717) is 18.4 Å². The minimum absolute atomic E-state index is 0.252. The molecule has 6 nitrogen and oxygen atoms in total. The summed E-state index contributed by atoms with van der Waals surface area (Å²) in [5, 5.41) is 0. The first-order chi connectivity index (χ1) is 14.3. The van der Waals surface area contributed by atoms with Crippen LogP contribution in [0.3, 0.4) is 0 Å². The highest BCUT2D eigenvalue weighted by molar-refractivity contribution is 5.97. The second-order valence-corrected chi connectivity index (χ2v) is 9.24. The molecule has 6 heteroatoms. The third kappa shape index (κ3) is 6.26. The maximum absolute atomic E-state index is 13.1. The van der Waals surface area contributed by atoms with Crippen molar-refractivity contribution in [1.29, 1.82) is 0 Å². The summed E-state index contributed by atoms with van der Waals surface area (Å²) in [5.41, 5.74) is 2.28. The highest BCUT2D eigenvalue weighted by atomic mass is 16.6. The van der Waals surface area contributed by atoms with E-state index in [2.05, 4.69) is 6.58 Å². The molecule has 2 aliphatic rings. The fourth-order valence-corrected chi connectivity index (χ4v) is 3.71. The van der Waals surface area contributed by atoms with Crippen LogP contribution in [-0.4, -0.2) is 41.6 Å². The van der Waals surface area contributed by atoms with Crippen molar-refractivity contribution in [2.24, 2.45) is 5.92 Å². The van der Waals surface area contributed by atoms with Crippen LogP contribution in [-0.2, 0) is 28.6 Å². The molecule has 0 bridgehead atoms. The van der Waals surface area contributed by atoms with E-state index in [1.807, 2.05) is 33.8 Å². The number of ketones is 1. The topological polar surface area (TPSA) is 82.2 Å². The monoisotopic (exact) mass is 430 g/mol. The molecular weight excluding hydrogens is 396 g/mol. The van der Waals surface area contributed by atoms with E-state index >= 15 is 0 Å². The van der Waals surface area contributed by atoms with Crippen LogP contribution in [0.5, 0.6) is 0 Å². The van der Waals surface area contributed by atoms with E-state index in [1.165, 1.54) is 12.2 Å². The summed E-state index contributed by atoms with van der Waals surface area (Å²) in [6.07, 6.45) is 3.69. The quantitative estimate of drug-likeness (QED) is 0.246. The average Bonchev–Trinajstić information content (AvgIpc) is 3.30. The summed E-state index contributed by atoms with van der Waals surface area (Å²) in [7, 11) is 0. The van der Waals surface area contributed by atoms with E-state index in [1.54, 1.807) is 20.8 Å². The van der Waals surface area contributed by atoms with Crippen LogP contribution in [0.15, 0.2) is 47.1 Å². The van der Waals surface area contributed by atoms with Gasteiger partial charge in [0, 0.05) is 24.5 Å². The number of rotatable bonds is 8. The van der Waals surface area contributed by atoms with Crippen LogP contribution in [0.1, 0.15) is 61.3 Å². The fourth-order valence-electron chi connectivity index (χ4n) is 3.71. The average molecular weight is 431 g/mol. The van der Waals surface area contributed by atoms with E-state index in [9.17, 15) is 14.4 Å². The van der Waals surface area contributed by atoms with Gasteiger partial charge in [-0.05, 0) is 60.5 Å². The van der Waals surface area contributed by atoms with E-state index in [0.717, 1.165) is 16.7 Å². The van der Waals surface area contributed by atoms with Crippen molar-refractivity contribution >= 4 is 17.7 Å². The molecule has 0 spiro atoms. The van der Waals surface area contributed by atoms with Gasteiger partial charge < -0.3 is 14.2 Å². The summed E-state index contributed by atoms with van der Waals surface area (Å²) in [5.74, 6) is -1.83. The molecule has 0 aromatic heterocycles. The third-order valence-electron chi connectivity index (χ3n) is 5.47. The number of hydrogen-bond acceptors (Lipinski definition) is 6. The number of epoxide rings is 1. The highest BCUT2D eigenvalue weighted by Crippen LogP contribution is 2.50. The molecule has 1 heterocycles. The zero-order chi connectivity index (χ0) is 23.5. The van der Waals surface area contributed by atoms with Crippen molar-refractivity contribution in [1.82, 2.24) is 0 Å². The Bertz CT molecular complexity index is 849. The van der Waals surface area contributed by atoms with Gasteiger partial charge in [-0.3, -0.25) is 4.79 Å². The lowest BCUT2D eigenvalue weighted by atomic mass is 9.74. The molecule has 0 aromatic carbocycles. The van der Waals surface area contributed by atoms with Gasteiger partial charge in [-0.25, -0.2) is 9.59 Å². The molecule has 0 radical (unpaired) electrons. The van der Waals surface area contributed by atoms with Crippen molar-refractivity contribution in [3.8, 4) is 0 Å². The molecule has 0 unspecified atom stereocenters. The van der Waals surface area contributed by atoms with Crippen LogP contribution in [0.25, 0.3) is 0 Å². The molecule has 2 fully saturated rings. The molecule has 2 rings (SSSR count). The molecule has 0 amide bonds. The van der Waals surface area contributed by atoms with E-state index in [-0.39, 0.29) is 11.9 Å². The van der Waals surface area contributed by atoms with Gasteiger partial charge in [0.15, 0.2) is 11.7 Å². The van der Waals surface area contributed by atoms with Crippen LogP contribution in [0.2, 0.25) is 0 Å². The molecule has 5 atom stereocenters. The summed E-state index contributed by atoms with van der Waals surface area (Å²) < 4.78 is 16.9. The number of ether oxygens (including phenoxy) is 3. The van der Waals surface area contributed by atoms with Gasteiger partial charge in [-0.2, -0.15) is 0 Å². The number of carbonyl (C=O) groups is 3. The molecule has 0 aromatic rings. The molecule has 31 heavy (non-hydrogen) atoms. The summed E-state index contributed by atoms with van der Waals surface area (Å²) in [6.45, 7) is 17.0. The van der Waals surface area contributed by atoms with Gasteiger partial charge in [0.2, 0.25) is 5.78 Å². The molecular formula is C25H34O6. The molecule has 1 saturated heterocycles. The first kappa shape index (κ1) is 24.8. The van der Waals surface area contributed by atoms with Crippen molar-refractivity contribution in [2.75, 3.05) is 0 Å². The fraction of sp³-hybridized carbons (Fsp3) is 0.560. The highest BCUT2D eigenvalue weighted by Gasteiger charge is 2.66. The Hall–Kier alpha value is -2.47. The Kier molecular flexibility index (Phi) is 7.82. The van der Waals surface area contributed by atoms with Crippen molar-refractivity contribution < 1.29 is 28.6 Å². The maximum Gasteiger partial charge on any atom is 0.331 e. The molecule has 1 aliphatic heterocycles. The SMILES string of the molecule is C=C([C@@H](CC=C(C)C)OC(=O)C=C(C)C)[C@@H]1C[C@@H]2O[C@]2(C)C(=O)[C@H]1OC(=O)C=C(C)C. The van der Waals surface area contributed by atoms with E-state index in [4.69, 9.17) is 14.2 Å². The lowest BCUT2D eigenvalue weighted by Gasteiger charge is -2.34. The van der Waals surface area contributed by atoms with Crippen molar-refractivity contribution in [2.45, 2.75) is 85.2 Å². The van der Waals surface area contributed by atoms with Crippen LogP contribution in [0.4, 0.5) is 0 Å². The van der Waals surface area contributed by atoms with Crippen LogP contribution >= 0.6 is 0 Å². The second-order valence-electron chi connectivity index (χ2n) is 9.24. The number of fused-ring (bicyclic) bond motifs is 1. The van der Waals surface area contributed by atoms with Gasteiger partial charge in [-0.1, -0.05) is 29.4 Å². The Morgan fingerprint density at radius 2 is 1.68 bits per heavy atom. The Morgan fingerprint density at radius 1 is 1.10 bits per heavy atom. The first-order valence-corrected chi connectivity index (χ1v) is 10.6. The normalized spacial score (nSPS) is 27.2. The smallest absolute Gasteiger partial charge is 0.331 e. The van der Waals surface area contributed by atoms with Gasteiger partial charge in [0.1, 0.15) is 6.10 Å². The Balaban J connectivity index is 2.32. The molecule has 1 aliphatic carbocycles. The number of Topliss-reactive ketones (excluding diaryl/α,β-unsaturated/α-hetero) is 1. The minimum atomic E-state index is -1.03. The van der Waals surface area contributed by atoms with Crippen molar-refractivity contribution in [3.63, 3.8) is 0 Å². The zero-order valence-electron chi connectivity index (χ0n) is 19.6. The molecule has 170 valence electrons. The molecule has 1 saturated carbocycles. The summed E-state index contributed by atoms with van der Waals surface area (Å²) in [6, 6.07) is 0. The van der Waals surface area contributed by atoms with Crippen LogP contribution < -0.4 is 0 Å². The Morgan fingerprint density at radius 3 is 2.23 bits per heavy atom. The van der Waals surface area contributed by atoms with Gasteiger partial charge in [-0.15, -0.1) is 0 Å². The number of hydrogen-bond donors (Lipinski definition) is 0. The number of carbonyl (C=O) groups excluding carboxylic acids is 3. The van der Waals surface area contributed by atoms with Crippen LogP contribution in [0, 0.1) is 5.92 Å². The Labute approximate surface area is 185 Å². The van der Waals surface area contributed by atoms with Gasteiger partial charge in [0.05, 0.1) is 6.10 Å². The van der Waals surface area contributed by atoms with E-state index < -0.39 is 35.7 Å². The van der Waals surface area contributed by atoms with Crippen molar-refractivity contribution in [3.05, 3.63) is 47.1 Å². The predicted octanol–water partition coefficient (Wildman–Crippen LogP) is 4.40. The largest absolute Gasteiger partial charge is 0.454 e. The summed E-state index contributed by atoms with van der Waals surface area (Å²) in [4.78, 5) is 37.7.